The minimum Gasteiger partial charge on any atom is -0.493 e. The van der Waals surface area contributed by atoms with Crippen molar-refractivity contribution in [2.24, 2.45) is 5.41 Å². The van der Waals surface area contributed by atoms with Crippen LogP contribution in [0.5, 0.6) is 5.75 Å². The van der Waals surface area contributed by atoms with Gasteiger partial charge in [-0.3, -0.25) is 14.5 Å². The number of benzene rings is 1. The molecule has 2 heterocycles. The van der Waals surface area contributed by atoms with Crippen LogP contribution in [-0.4, -0.2) is 39.1 Å². The van der Waals surface area contributed by atoms with Crippen molar-refractivity contribution in [2.45, 2.75) is 72.0 Å². The fourth-order valence-electron chi connectivity index (χ4n) is 3.67. The van der Waals surface area contributed by atoms with Gasteiger partial charge in [0.1, 0.15) is 5.75 Å². The molecule has 0 unspecified atom stereocenters. The van der Waals surface area contributed by atoms with E-state index in [2.05, 4.69) is 32.9 Å². The van der Waals surface area contributed by atoms with Crippen molar-refractivity contribution in [1.29, 1.82) is 0 Å². The summed E-state index contributed by atoms with van der Waals surface area (Å²) >= 11 is 1.09. The maximum Gasteiger partial charge on any atom is 0.289 e. The molecule has 1 aliphatic heterocycles. The summed E-state index contributed by atoms with van der Waals surface area (Å²) in [6.45, 7) is 13.1. The lowest BCUT2D eigenvalue weighted by atomic mass is 9.89. The Kier molecular flexibility index (Phi) is 6.51. The molecule has 0 atom stereocenters. The molecule has 164 valence electrons. The average molecular weight is 433 g/mol. The molecule has 3 rings (SSSR count). The van der Waals surface area contributed by atoms with Crippen molar-refractivity contribution in [2.75, 3.05) is 13.2 Å². The normalized spacial score (nSPS) is 16.7. The van der Waals surface area contributed by atoms with Gasteiger partial charge < -0.3 is 9.26 Å². The first-order valence-electron chi connectivity index (χ1n) is 10.6. The van der Waals surface area contributed by atoms with Crippen LogP contribution in [0.2, 0.25) is 0 Å². The number of fused-ring (bicyclic) bond motifs is 1. The van der Waals surface area contributed by atoms with Gasteiger partial charge in [0.25, 0.3) is 5.24 Å². The lowest BCUT2D eigenvalue weighted by Crippen LogP contribution is -2.36. The Balaban J connectivity index is 1.69. The van der Waals surface area contributed by atoms with Crippen LogP contribution in [0, 0.1) is 5.41 Å². The van der Waals surface area contributed by atoms with Crippen LogP contribution in [0.1, 0.15) is 65.6 Å². The molecule has 0 N–H and O–H groups in total. The van der Waals surface area contributed by atoms with Gasteiger partial charge in [-0.05, 0) is 62.4 Å². The quantitative estimate of drug-likeness (QED) is 0.505. The van der Waals surface area contributed by atoms with Crippen molar-refractivity contribution in [3.63, 3.8) is 0 Å². The van der Waals surface area contributed by atoms with Gasteiger partial charge in [0.2, 0.25) is 5.91 Å². The Morgan fingerprint density at radius 2 is 1.97 bits per heavy atom. The topological polar surface area (TPSA) is 72.6 Å². The minimum atomic E-state index is -0.672. The number of amides is 2. The third kappa shape index (κ3) is 4.82. The third-order valence-electron chi connectivity index (χ3n) is 5.08. The van der Waals surface area contributed by atoms with E-state index in [1.807, 2.05) is 12.1 Å². The molecule has 0 spiro atoms. The summed E-state index contributed by atoms with van der Waals surface area (Å²) in [6.07, 6.45) is 3.24. The molecule has 7 heteroatoms. The summed E-state index contributed by atoms with van der Waals surface area (Å²) in [4.78, 5) is 25.7. The molecular weight excluding hydrogens is 400 g/mol. The van der Waals surface area contributed by atoms with E-state index in [1.54, 1.807) is 13.8 Å². The lowest BCUT2D eigenvalue weighted by Gasteiger charge is -2.17. The number of carbonyl (C=O) groups is 2. The van der Waals surface area contributed by atoms with Crippen LogP contribution in [0.15, 0.2) is 16.7 Å². The average Bonchev–Trinajstić information content (AvgIpc) is 3.11. The highest BCUT2D eigenvalue weighted by Gasteiger charge is 2.45. The second kappa shape index (κ2) is 8.61. The maximum absolute atomic E-state index is 12.3. The number of imide groups is 1. The van der Waals surface area contributed by atoms with Gasteiger partial charge in [-0.25, -0.2) is 0 Å². The first-order valence-corrected chi connectivity index (χ1v) is 11.4. The van der Waals surface area contributed by atoms with Crippen molar-refractivity contribution in [3.05, 3.63) is 23.4 Å². The standard InChI is InChI=1S/C23H32N2O4S/c1-7-9-16-18(11-10-15-17(14-22(2,3)4)24-29-19(15)16)28-13-8-12-25-20(26)23(5,6)30-21(25)27/h10-11H,7-9,12-14H2,1-6H3. The van der Waals surface area contributed by atoms with E-state index in [0.717, 1.165) is 59.0 Å². The van der Waals surface area contributed by atoms with Gasteiger partial charge in [0.15, 0.2) is 5.58 Å². The molecule has 1 fully saturated rings. The van der Waals surface area contributed by atoms with Crippen molar-refractivity contribution in [3.8, 4) is 5.75 Å². The molecule has 2 amide bonds. The predicted octanol–water partition coefficient (Wildman–Crippen LogP) is 5.61. The summed E-state index contributed by atoms with van der Waals surface area (Å²) in [5, 5.41) is 5.20. The molecular formula is C23H32N2O4S. The molecule has 30 heavy (non-hydrogen) atoms. The van der Waals surface area contributed by atoms with Crippen molar-refractivity contribution >= 4 is 33.9 Å². The number of hydrogen-bond acceptors (Lipinski definition) is 6. The first kappa shape index (κ1) is 22.7. The number of aromatic nitrogens is 1. The van der Waals surface area contributed by atoms with Gasteiger partial charge in [-0.2, -0.15) is 0 Å². The second-order valence-corrected chi connectivity index (χ2v) is 11.1. The highest BCUT2D eigenvalue weighted by molar-refractivity contribution is 8.16. The zero-order valence-corrected chi connectivity index (χ0v) is 19.6. The Morgan fingerprint density at radius 1 is 1.23 bits per heavy atom. The summed E-state index contributed by atoms with van der Waals surface area (Å²) in [5.74, 6) is 0.662. The van der Waals surface area contributed by atoms with Crippen molar-refractivity contribution < 1.29 is 18.8 Å². The zero-order valence-electron chi connectivity index (χ0n) is 18.8. The SMILES string of the molecule is CCCc1c(OCCCN2C(=O)SC(C)(C)C2=O)ccc2c(CC(C)(C)C)noc12. The number of hydrogen-bond donors (Lipinski definition) is 0. The second-order valence-electron chi connectivity index (χ2n) is 9.57. The smallest absolute Gasteiger partial charge is 0.289 e. The monoisotopic (exact) mass is 432 g/mol. The Hall–Kier alpha value is -2.02. The van der Waals surface area contributed by atoms with Crippen LogP contribution < -0.4 is 4.74 Å². The molecule has 1 aromatic heterocycles. The third-order valence-corrected chi connectivity index (χ3v) is 6.16. The molecule has 1 aromatic carbocycles. The van der Waals surface area contributed by atoms with Crippen LogP contribution in [0.4, 0.5) is 4.79 Å². The molecule has 0 saturated carbocycles. The zero-order chi connectivity index (χ0) is 22.1. The number of aryl methyl sites for hydroxylation is 1. The van der Waals surface area contributed by atoms with E-state index >= 15 is 0 Å². The summed E-state index contributed by atoms with van der Waals surface area (Å²) in [7, 11) is 0. The molecule has 0 radical (unpaired) electrons. The number of thioether (sulfide) groups is 1. The Morgan fingerprint density at radius 3 is 2.57 bits per heavy atom. The summed E-state index contributed by atoms with van der Waals surface area (Å²) in [6, 6.07) is 4.01. The lowest BCUT2D eigenvalue weighted by molar-refractivity contribution is -0.128. The van der Waals surface area contributed by atoms with Crippen LogP contribution >= 0.6 is 11.8 Å². The summed E-state index contributed by atoms with van der Waals surface area (Å²) in [5.41, 5.74) is 2.94. The molecule has 1 aliphatic rings. The van der Waals surface area contributed by atoms with Gasteiger partial charge in [-0.1, -0.05) is 39.3 Å². The van der Waals surface area contributed by atoms with Gasteiger partial charge in [0, 0.05) is 17.5 Å². The van der Waals surface area contributed by atoms with Crippen molar-refractivity contribution in [1.82, 2.24) is 10.1 Å². The van der Waals surface area contributed by atoms with E-state index in [0.29, 0.717) is 19.6 Å². The number of ether oxygens (including phenoxy) is 1. The molecule has 2 aromatic rings. The van der Waals surface area contributed by atoms with E-state index in [4.69, 9.17) is 9.26 Å². The predicted molar refractivity (Wildman–Crippen MR) is 120 cm³/mol. The van der Waals surface area contributed by atoms with Gasteiger partial charge >= 0.3 is 0 Å². The molecule has 0 aliphatic carbocycles. The van der Waals surface area contributed by atoms with E-state index in [1.165, 1.54) is 4.90 Å². The van der Waals surface area contributed by atoms with E-state index in [9.17, 15) is 9.59 Å². The molecule has 1 saturated heterocycles. The van der Waals surface area contributed by atoms with E-state index in [-0.39, 0.29) is 16.6 Å². The fraction of sp³-hybridized carbons (Fsp3) is 0.609. The fourth-order valence-corrected chi connectivity index (χ4v) is 4.58. The van der Waals surface area contributed by atoms with Crippen LogP contribution in [0.3, 0.4) is 0 Å². The summed E-state index contributed by atoms with van der Waals surface area (Å²) < 4.78 is 11.1. The largest absolute Gasteiger partial charge is 0.493 e. The minimum absolute atomic E-state index is 0.126. The Bertz CT molecular complexity index is 943. The van der Waals surface area contributed by atoms with E-state index < -0.39 is 4.75 Å². The van der Waals surface area contributed by atoms with Gasteiger partial charge in [0.05, 0.1) is 17.0 Å². The molecule has 0 bridgehead atoms. The highest BCUT2D eigenvalue weighted by Crippen LogP contribution is 2.37. The highest BCUT2D eigenvalue weighted by atomic mass is 32.2. The van der Waals surface area contributed by atoms with Crippen LogP contribution in [-0.2, 0) is 17.6 Å². The number of carbonyl (C=O) groups excluding carboxylic acids is 2. The van der Waals surface area contributed by atoms with Crippen LogP contribution in [0.25, 0.3) is 11.0 Å². The Labute approximate surface area is 182 Å². The number of rotatable bonds is 8. The maximum atomic E-state index is 12.3. The molecule has 6 nitrogen and oxygen atoms in total. The van der Waals surface area contributed by atoms with Gasteiger partial charge in [-0.15, -0.1) is 0 Å². The number of nitrogens with zero attached hydrogens (tertiary/aromatic N) is 2. The first-order chi connectivity index (χ1) is 14.0.